The topological polar surface area (TPSA) is 35.2 Å². The van der Waals surface area contributed by atoms with Crippen LogP contribution in [-0.4, -0.2) is 0 Å². The van der Waals surface area contributed by atoms with Gasteiger partial charge < -0.3 is 10.5 Å². The number of hydrogen-bond acceptors (Lipinski definition) is 2. The highest BCUT2D eigenvalue weighted by molar-refractivity contribution is 5.36. The summed E-state index contributed by atoms with van der Waals surface area (Å²) in [5.74, 6) is 0.559. The van der Waals surface area contributed by atoms with Gasteiger partial charge >= 0.3 is 0 Å². The van der Waals surface area contributed by atoms with E-state index in [4.69, 9.17) is 10.5 Å². The second-order valence-corrected chi connectivity index (χ2v) is 4.67. The van der Waals surface area contributed by atoms with Crippen molar-refractivity contribution in [3.8, 4) is 5.75 Å². The molecule has 2 rings (SSSR count). The van der Waals surface area contributed by atoms with Crippen LogP contribution in [0.4, 0.5) is 4.39 Å². The number of ether oxygens (including phenoxy) is 1. The van der Waals surface area contributed by atoms with Crippen molar-refractivity contribution in [1.29, 1.82) is 0 Å². The second kappa shape index (κ2) is 5.85. The lowest BCUT2D eigenvalue weighted by molar-refractivity contribution is 0.302. The first-order chi connectivity index (χ1) is 9.10. The lowest BCUT2D eigenvalue weighted by Crippen LogP contribution is -2.06. The zero-order chi connectivity index (χ0) is 13.8. The quantitative estimate of drug-likeness (QED) is 0.912. The predicted octanol–water partition coefficient (Wildman–Crippen LogP) is 3.48. The van der Waals surface area contributed by atoms with Crippen molar-refractivity contribution < 1.29 is 9.13 Å². The van der Waals surface area contributed by atoms with E-state index >= 15 is 0 Å². The summed E-state index contributed by atoms with van der Waals surface area (Å²) in [6.07, 6.45) is 0. The Labute approximate surface area is 113 Å². The Kier molecular flexibility index (Phi) is 4.17. The fourth-order valence-electron chi connectivity index (χ4n) is 1.95. The van der Waals surface area contributed by atoms with Gasteiger partial charge in [-0.1, -0.05) is 18.2 Å². The van der Waals surface area contributed by atoms with Gasteiger partial charge in [0.2, 0.25) is 0 Å². The fourth-order valence-corrected chi connectivity index (χ4v) is 1.95. The maximum absolute atomic E-state index is 13.3. The molecule has 0 aliphatic heterocycles. The van der Waals surface area contributed by atoms with Crippen LogP contribution in [0.2, 0.25) is 0 Å². The lowest BCUT2D eigenvalue weighted by Gasteiger charge is -2.12. The molecule has 19 heavy (non-hydrogen) atoms. The summed E-state index contributed by atoms with van der Waals surface area (Å²) < 4.78 is 19.0. The normalized spacial score (nSPS) is 10.5. The van der Waals surface area contributed by atoms with Crippen molar-refractivity contribution in [1.82, 2.24) is 0 Å². The maximum Gasteiger partial charge on any atom is 0.123 e. The summed E-state index contributed by atoms with van der Waals surface area (Å²) in [4.78, 5) is 0. The Morgan fingerprint density at radius 2 is 1.84 bits per heavy atom. The van der Waals surface area contributed by atoms with E-state index in [1.165, 1.54) is 12.1 Å². The Balaban J connectivity index is 2.18. The van der Waals surface area contributed by atoms with Gasteiger partial charge in [-0.25, -0.2) is 4.39 Å². The molecule has 2 aromatic rings. The van der Waals surface area contributed by atoms with Crippen LogP contribution in [0, 0.1) is 19.7 Å². The molecule has 0 heterocycles. The number of rotatable bonds is 4. The number of halogens is 1. The fraction of sp³-hybridized carbons (Fsp3) is 0.250. The molecule has 0 amide bonds. The first-order valence-corrected chi connectivity index (χ1v) is 6.27. The van der Waals surface area contributed by atoms with Gasteiger partial charge in [-0.15, -0.1) is 0 Å². The van der Waals surface area contributed by atoms with E-state index in [1.807, 2.05) is 32.0 Å². The van der Waals surface area contributed by atoms with Gasteiger partial charge in [0.15, 0.2) is 0 Å². The highest BCUT2D eigenvalue weighted by Gasteiger charge is 2.06. The molecule has 3 heteroatoms. The predicted molar refractivity (Wildman–Crippen MR) is 74.5 cm³/mol. The van der Waals surface area contributed by atoms with E-state index in [1.54, 1.807) is 6.07 Å². The van der Waals surface area contributed by atoms with Crippen LogP contribution < -0.4 is 10.5 Å². The summed E-state index contributed by atoms with van der Waals surface area (Å²) in [5.41, 5.74) is 9.55. The van der Waals surface area contributed by atoms with Gasteiger partial charge in [-0.05, 0) is 54.3 Å². The Morgan fingerprint density at radius 3 is 2.58 bits per heavy atom. The molecule has 0 unspecified atom stereocenters. The Bertz CT molecular complexity index is 581. The van der Waals surface area contributed by atoms with Crippen LogP contribution >= 0.6 is 0 Å². The van der Waals surface area contributed by atoms with Crippen LogP contribution in [0.15, 0.2) is 36.4 Å². The second-order valence-electron chi connectivity index (χ2n) is 4.67. The summed E-state index contributed by atoms with van der Waals surface area (Å²) in [6, 6.07) is 10.6. The maximum atomic E-state index is 13.3. The van der Waals surface area contributed by atoms with Crippen LogP contribution in [0.25, 0.3) is 0 Å². The van der Waals surface area contributed by atoms with Gasteiger partial charge in [0.25, 0.3) is 0 Å². The molecular weight excluding hydrogens is 241 g/mol. The summed E-state index contributed by atoms with van der Waals surface area (Å²) in [7, 11) is 0. The van der Waals surface area contributed by atoms with Crippen molar-refractivity contribution in [2.45, 2.75) is 27.0 Å². The van der Waals surface area contributed by atoms with Crippen molar-refractivity contribution in [2.75, 3.05) is 0 Å². The van der Waals surface area contributed by atoms with E-state index in [0.29, 0.717) is 13.2 Å². The standard InChI is InChI=1S/C16H18FNO/c1-11-3-4-12(2)16(7-11)19-10-14-8-15(17)6-5-13(14)9-18/h3-8H,9-10,18H2,1-2H3. The molecule has 0 saturated heterocycles. The molecule has 100 valence electrons. The molecule has 2 N–H and O–H groups in total. The summed E-state index contributed by atoms with van der Waals surface area (Å²) >= 11 is 0. The Hall–Kier alpha value is -1.87. The van der Waals surface area contributed by atoms with E-state index in [-0.39, 0.29) is 5.82 Å². The number of hydrogen-bond donors (Lipinski definition) is 1. The minimum atomic E-state index is -0.267. The van der Waals surface area contributed by atoms with Gasteiger partial charge in [0.05, 0.1) is 0 Å². The van der Waals surface area contributed by atoms with Gasteiger partial charge in [0.1, 0.15) is 18.2 Å². The molecular formula is C16H18FNO. The van der Waals surface area contributed by atoms with Crippen molar-refractivity contribution in [2.24, 2.45) is 5.73 Å². The van der Waals surface area contributed by atoms with Crippen molar-refractivity contribution in [3.05, 3.63) is 64.5 Å². The average Bonchev–Trinajstić information content (AvgIpc) is 2.40. The molecule has 0 bridgehead atoms. The third-order valence-corrected chi connectivity index (χ3v) is 3.12. The molecule has 0 atom stereocenters. The van der Waals surface area contributed by atoms with Crippen LogP contribution in [-0.2, 0) is 13.2 Å². The number of nitrogens with two attached hydrogens (primary N) is 1. The number of benzene rings is 2. The van der Waals surface area contributed by atoms with Crippen LogP contribution in [0.1, 0.15) is 22.3 Å². The Morgan fingerprint density at radius 1 is 1.05 bits per heavy atom. The largest absolute Gasteiger partial charge is 0.489 e. The van der Waals surface area contributed by atoms with Crippen LogP contribution in [0.3, 0.4) is 0 Å². The van der Waals surface area contributed by atoms with Crippen molar-refractivity contribution in [3.63, 3.8) is 0 Å². The molecule has 0 radical (unpaired) electrons. The first kappa shape index (κ1) is 13.6. The zero-order valence-corrected chi connectivity index (χ0v) is 11.2. The number of aryl methyl sites for hydroxylation is 2. The van der Waals surface area contributed by atoms with E-state index in [9.17, 15) is 4.39 Å². The minimum absolute atomic E-state index is 0.267. The monoisotopic (exact) mass is 259 g/mol. The van der Waals surface area contributed by atoms with E-state index < -0.39 is 0 Å². The van der Waals surface area contributed by atoms with Crippen LogP contribution in [0.5, 0.6) is 5.75 Å². The molecule has 0 spiro atoms. The first-order valence-electron chi connectivity index (χ1n) is 6.27. The molecule has 0 fully saturated rings. The SMILES string of the molecule is Cc1ccc(C)c(OCc2cc(F)ccc2CN)c1. The van der Waals surface area contributed by atoms with Gasteiger partial charge in [0, 0.05) is 6.54 Å². The van der Waals surface area contributed by atoms with Gasteiger partial charge in [-0.2, -0.15) is 0 Å². The summed E-state index contributed by atoms with van der Waals surface area (Å²) in [6.45, 7) is 4.71. The van der Waals surface area contributed by atoms with Gasteiger partial charge in [-0.3, -0.25) is 0 Å². The highest BCUT2D eigenvalue weighted by atomic mass is 19.1. The molecule has 0 aliphatic rings. The molecule has 0 aromatic heterocycles. The summed E-state index contributed by atoms with van der Waals surface area (Å²) in [5, 5.41) is 0. The lowest BCUT2D eigenvalue weighted by atomic mass is 10.1. The minimum Gasteiger partial charge on any atom is -0.489 e. The smallest absolute Gasteiger partial charge is 0.123 e. The third kappa shape index (κ3) is 3.32. The zero-order valence-electron chi connectivity index (χ0n) is 11.2. The molecule has 2 aromatic carbocycles. The van der Waals surface area contributed by atoms with E-state index in [2.05, 4.69) is 0 Å². The van der Waals surface area contributed by atoms with E-state index in [0.717, 1.165) is 28.0 Å². The van der Waals surface area contributed by atoms with Crippen molar-refractivity contribution >= 4 is 0 Å². The molecule has 0 saturated carbocycles. The molecule has 0 aliphatic carbocycles. The average molecular weight is 259 g/mol. The molecule has 2 nitrogen and oxygen atoms in total. The highest BCUT2D eigenvalue weighted by Crippen LogP contribution is 2.21. The third-order valence-electron chi connectivity index (χ3n) is 3.12.